The lowest BCUT2D eigenvalue weighted by Gasteiger charge is -2.03. The molecule has 0 spiro atoms. The molecular weight excluding hydrogens is 254 g/mol. The number of hydrogen-bond acceptors (Lipinski definition) is 7. The Kier molecular flexibility index (Phi) is 2.62. The summed E-state index contributed by atoms with van der Waals surface area (Å²) in [5.74, 6) is 0.274. The molecule has 0 fully saturated rings. The quantitative estimate of drug-likeness (QED) is 0.713. The average Bonchev–Trinajstić information content (AvgIpc) is 2.81. The minimum absolute atomic E-state index is 0.274. The van der Waals surface area contributed by atoms with Crippen molar-refractivity contribution in [2.75, 3.05) is 5.73 Å². The van der Waals surface area contributed by atoms with Crippen LogP contribution in [-0.4, -0.2) is 19.3 Å². The Morgan fingerprint density at radius 3 is 2.88 bits per heavy atom. The Morgan fingerprint density at radius 2 is 2.06 bits per heavy atom. The number of nitrogens with zero attached hydrogens (tertiary/aromatic N) is 4. The summed E-state index contributed by atoms with van der Waals surface area (Å²) >= 11 is 2.78. The molecule has 2 N–H and O–H groups in total. The minimum Gasteiger partial charge on any atom is -0.368 e. The molecule has 0 aliphatic rings. The highest BCUT2D eigenvalue weighted by molar-refractivity contribution is 8.01. The normalized spacial score (nSPS) is 10.8. The smallest absolute Gasteiger partial charge is 0.221 e. The van der Waals surface area contributed by atoms with Gasteiger partial charge in [0.2, 0.25) is 5.95 Å². The number of hydrogen-bond donors (Lipinski definition) is 1. The monoisotopic (exact) mass is 261 g/mol. The predicted molar refractivity (Wildman–Crippen MR) is 68.0 cm³/mol. The van der Waals surface area contributed by atoms with Gasteiger partial charge in [-0.2, -0.15) is 4.37 Å². The molecule has 0 atom stereocenters. The molecule has 0 unspecified atom stereocenters. The first-order valence-electron chi connectivity index (χ1n) is 4.80. The summed E-state index contributed by atoms with van der Waals surface area (Å²) in [6, 6.07) is 7.76. The lowest BCUT2D eigenvalue weighted by molar-refractivity contribution is 1.11. The zero-order valence-corrected chi connectivity index (χ0v) is 10.2. The van der Waals surface area contributed by atoms with Gasteiger partial charge < -0.3 is 5.73 Å². The fraction of sp³-hybridized carbons (Fsp3) is 0. The number of fused-ring (bicyclic) bond motifs is 1. The van der Waals surface area contributed by atoms with E-state index >= 15 is 0 Å². The third-order valence-corrected chi connectivity index (χ3v) is 3.83. The van der Waals surface area contributed by atoms with Gasteiger partial charge in [-0.05, 0) is 29.4 Å². The Labute approximate surface area is 105 Å². The fourth-order valence-electron chi connectivity index (χ4n) is 1.43. The van der Waals surface area contributed by atoms with Crippen LogP contribution in [0.3, 0.4) is 0 Å². The summed E-state index contributed by atoms with van der Waals surface area (Å²) < 4.78 is 4.80. The van der Waals surface area contributed by atoms with Crippen molar-refractivity contribution < 1.29 is 0 Å². The standard InChI is InChI=1S/C10H7N5S2/c11-9-14-7-4-2-1-3-6(7)8(15-9)16-10-12-5-13-17-10/h1-5H,(H2,11,14,15). The van der Waals surface area contributed by atoms with E-state index in [-0.39, 0.29) is 5.95 Å². The largest absolute Gasteiger partial charge is 0.368 e. The number of nitrogen functional groups attached to an aromatic ring is 1. The van der Waals surface area contributed by atoms with Crippen LogP contribution in [0.1, 0.15) is 0 Å². The summed E-state index contributed by atoms with van der Waals surface area (Å²) in [7, 11) is 0. The molecule has 0 bridgehead atoms. The van der Waals surface area contributed by atoms with Crippen molar-refractivity contribution in [1.29, 1.82) is 0 Å². The van der Waals surface area contributed by atoms with Crippen molar-refractivity contribution in [2.24, 2.45) is 0 Å². The molecule has 0 saturated carbocycles. The van der Waals surface area contributed by atoms with Gasteiger partial charge >= 0.3 is 0 Å². The van der Waals surface area contributed by atoms with Crippen molar-refractivity contribution in [3.8, 4) is 0 Å². The minimum atomic E-state index is 0.274. The molecule has 7 heteroatoms. The van der Waals surface area contributed by atoms with Crippen molar-refractivity contribution in [1.82, 2.24) is 19.3 Å². The third kappa shape index (κ3) is 2.06. The maximum absolute atomic E-state index is 5.69. The van der Waals surface area contributed by atoms with Crippen LogP contribution in [0.4, 0.5) is 5.95 Å². The van der Waals surface area contributed by atoms with E-state index in [1.807, 2.05) is 24.3 Å². The number of anilines is 1. The third-order valence-electron chi connectivity index (χ3n) is 2.11. The first-order valence-corrected chi connectivity index (χ1v) is 6.39. The molecule has 0 amide bonds. The molecule has 3 aromatic rings. The number of rotatable bonds is 2. The summed E-state index contributed by atoms with van der Waals surface area (Å²) in [6.07, 6.45) is 1.53. The summed E-state index contributed by atoms with van der Waals surface area (Å²) in [5, 5.41) is 1.78. The molecule has 84 valence electrons. The number of nitrogens with two attached hydrogens (primary N) is 1. The van der Waals surface area contributed by atoms with E-state index in [2.05, 4.69) is 19.3 Å². The van der Waals surface area contributed by atoms with E-state index in [0.717, 1.165) is 20.3 Å². The van der Waals surface area contributed by atoms with Crippen LogP contribution in [-0.2, 0) is 0 Å². The van der Waals surface area contributed by atoms with Gasteiger partial charge in [-0.1, -0.05) is 18.2 Å². The van der Waals surface area contributed by atoms with Crippen LogP contribution < -0.4 is 5.73 Å². The van der Waals surface area contributed by atoms with E-state index in [1.165, 1.54) is 29.6 Å². The van der Waals surface area contributed by atoms with Gasteiger partial charge in [0.1, 0.15) is 11.4 Å². The Morgan fingerprint density at radius 1 is 1.18 bits per heavy atom. The second-order valence-electron chi connectivity index (χ2n) is 3.21. The average molecular weight is 261 g/mol. The van der Waals surface area contributed by atoms with Gasteiger partial charge in [0.05, 0.1) is 5.52 Å². The fourth-order valence-corrected chi connectivity index (χ4v) is 2.91. The maximum Gasteiger partial charge on any atom is 0.221 e. The highest BCUT2D eigenvalue weighted by Crippen LogP contribution is 2.31. The van der Waals surface area contributed by atoms with Gasteiger partial charge in [0.15, 0.2) is 4.34 Å². The Hall–Kier alpha value is -1.73. The van der Waals surface area contributed by atoms with Crippen molar-refractivity contribution in [3.05, 3.63) is 30.6 Å². The van der Waals surface area contributed by atoms with Crippen LogP contribution in [0, 0.1) is 0 Å². The van der Waals surface area contributed by atoms with Gasteiger partial charge in [0.25, 0.3) is 0 Å². The number of para-hydroxylation sites is 1. The molecule has 0 saturated heterocycles. The zero-order chi connectivity index (χ0) is 11.7. The van der Waals surface area contributed by atoms with E-state index in [4.69, 9.17) is 5.73 Å². The molecular formula is C10H7N5S2. The first kappa shape index (κ1) is 10.4. The second kappa shape index (κ2) is 4.27. The molecule has 2 aromatic heterocycles. The van der Waals surface area contributed by atoms with Gasteiger partial charge in [0, 0.05) is 5.39 Å². The van der Waals surface area contributed by atoms with Gasteiger partial charge in [-0.15, -0.1) is 0 Å². The van der Waals surface area contributed by atoms with Crippen molar-refractivity contribution in [3.63, 3.8) is 0 Å². The molecule has 17 heavy (non-hydrogen) atoms. The molecule has 0 aliphatic carbocycles. The zero-order valence-electron chi connectivity index (χ0n) is 8.57. The van der Waals surface area contributed by atoms with Crippen LogP contribution >= 0.6 is 23.3 Å². The molecule has 3 rings (SSSR count). The van der Waals surface area contributed by atoms with Crippen molar-refractivity contribution >= 4 is 40.1 Å². The second-order valence-corrected chi connectivity index (χ2v) is 5.23. The van der Waals surface area contributed by atoms with Crippen LogP contribution in [0.25, 0.3) is 10.9 Å². The molecule has 0 radical (unpaired) electrons. The number of benzene rings is 1. The topological polar surface area (TPSA) is 77.6 Å². The summed E-state index contributed by atoms with van der Waals surface area (Å²) in [4.78, 5) is 12.5. The van der Waals surface area contributed by atoms with Crippen LogP contribution in [0.5, 0.6) is 0 Å². The van der Waals surface area contributed by atoms with Gasteiger partial charge in [-0.3, -0.25) is 0 Å². The highest BCUT2D eigenvalue weighted by atomic mass is 32.2. The Balaban J connectivity index is 2.14. The lowest BCUT2D eigenvalue weighted by Crippen LogP contribution is -1.96. The predicted octanol–water partition coefficient (Wildman–Crippen LogP) is 2.21. The highest BCUT2D eigenvalue weighted by Gasteiger charge is 2.09. The van der Waals surface area contributed by atoms with Crippen molar-refractivity contribution in [2.45, 2.75) is 9.37 Å². The SMILES string of the molecule is Nc1nc(Sc2ncns2)c2ccccc2n1. The molecule has 1 aromatic carbocycles. The Bertz CT molecular complexity index is 653. The van der Waals surface area contributed by atoms with E-state index < -0.39 is 0 Å². The molecule has 0 aliphatic heterocycles. The first-order chi connectivity index (χ1) is 8.33. The summed E-state index contributed by atoms with van der Waals surface area (Å²) in [6.45, 7) is 0. The van der Waals surface area contributed by atoms with Crippen LogP contribution in [0.15, 0.2) is 40.0 Å². The molecule has 5 nitrogen and oxygen atoms in total. The maximum atomic E-state index is 5.69. The number of aromatic nitrogens is 4. The lowest BCUT2D eigenvalue weighted by atomic mass is 10.2. The van der Waals surface area contributed by atoms with E-state index in [9.17, 15) is 0 Å². The van der Waals surface area contributed by atoms with Gasteiger partial charge in [-0.25, -0.2) is 15.0 Å². The van der Waals surface area contributed by atoms with Crippen LogP contribution in [0.2, 0.25) is 0 Å². The molecule has 2 heterocycles. The van der Waals surface area contributed by atoms with E-state index in [0.29, 0.717) is 0 Å². The summed E-state index contributed by atoms with van der Waals surface area (Å²) in [5.41, 5.74) is 6.53. The van der Waals surface area contributed by atoms with E-state index in [1.54, 1.807) is 0 Å².